The zero-order valence-electron chi connectivity index (χ0n) is 16.7. The van der Waals surface area contributed by atoms with Crippen LogP contribution in [0, 0.1) is 5.92 Å². The number of amides is 2. The van der Waals surface area contributed by atoms with E-state index in [2.05, 4.69) is 15.0 Å². The highest BCUT2D eigenvalue weighted by Gasteiger charge is 2.33. The molecule has 1 fully saturated rings. The number of nitrogens with zero attached hydrogens (tertiary/aromatic N) is 3. The highest BCUT2D eigenvalue weighted by molar-refractivity contribution is 6.30. The summed E-state index contributed by atoms with van der Waals surface area (Å²) in [6, 6.07) is 6.57. The molecule has 3 rings (SSSR count). The standard InChI is InChI=1S/C20H22ClF3N4O3/c1-27-11-8-25-17(27)16(13-2-4-15(21)5-3-13)26-18(29)14-6-9-28(10-7-14)19(30)31-12-20(22,23)24/h2-5,8,11,14,16H,6-7,9-10,12H2,1H3,(H,26,29)/t16-/m1/s1. The molecule has 0 saturated carbocycles. The van der Waals surface area contributed by atoms with Crippen molar-refractivity contribution in [2.45, 2.75) is 25.1 Å². The zero-order valence-corrected chi connectivity index (χ0v) is 17.5. The van der Waals surface area contributed by atoms with Gasteiger partial charge in [0.05, 0.1) is 0 Å². The van der Waals surface area contributed by atoms with Gasteiger partial charge in [-0.2, -0.15) is 13.2 Å². The zero-order chi connectivity index (χ0) is 22.6. The quantitative estimate of drug-likeness (QED) is 0.741. The highest BCUT2D eigenvalue weighted by atomic mass is 35.5. The minimum atomic E-state index is -4.57. The average Bonchev–Trinajstić information content (AvgIpc) is 3.16. The van der Waals surface area contributed by atoms with Crippen molar-refractivity contribution in [1.82, 2.24) is 19.8 Å². The minimum absolute atomic E-state index is 0.142. The fourth-order valence-electron chi connectivity index (χ4n) is 3.43. The van der Waals surface area contributed by atoms with Gasteiger partial charge in [0.2, 0.25) is 5.91 Å². The van der Waals surface area contributed by atoms with Gasteiger partial charge in [0.1, 0.15) is 11.9 Å². The van der Waals surface area contributed by atoms with Crippen molar-refractivity contribution in [2.24, 2.45) is 13.0 Å². The normalized spacial score (nSPS) is 16.1. The topological polar surface area (TPSA) is 76.5 Å². The molecule has 7 nitrogen and oxygen atoms in total. The number of aryl methyl sites for hydroxylation is 1. The summed E-state index contributed by atoms with van der Waals surface area (Å²) in [4.78, 5) is 30.2. The Bertz CT molecular complexity index is 909. The number of carbonyl (C=O) groups is 2. The lowest BCUT2D eigenvalue weighted by molar-refractivity contribution is -0.162. The second kappa shape index (κ2) is 9.59. The summed E-state index contributed by atoms with van der Waals surface area (Å²) in [5.41, 5.74) is 0.806. The van der Waals surface area contributed by atoms with Crippen molar-refractivity contribution in [3.63, 3.8) is 0 Å². The summed E-state index contributed by atoms with van der Waals surface area (Å²) in [7, 11) is 1.82. The Balaban J connectivity index is 1.62. The molecule has 1 N–H and O–H groups in total. The third kappa shape index (κ3) is 6.13. The predicted molar refractivity (Wildman–Crippen MR) is 106 cm³/mol. The van der Waals surface area contributed by atoms with Gasteiger partial charge in [0.15, 0.2) is 6.61 Å². The van der Waals surface area contributed by atoms with Crippen molar-refractivity contribution in [3.05, 3.63) is 53.1 Å². The first-order valence-electron chi connectivity index (χ1n) is 9.65. The molecule has 1 saturated heterocycles. The fraction of sp³-hybridized carbons (Fsp3) is 0.450. The van der Waals surface area contributed by atoms with Crippen molar-refractivity contribution < 1.29 is 27.5 Å². The van der Waals surface area contributed by atoms with Crippen LogP contribution in [0.1, 0.15) is 30.3 Å². The summed E-state index contributed by atoms with van der Waals surface area (Å²) < 4.78 is 42.7. The Morgan fingerprint density at radius 2 is 1.90 bits per heavy atom. The van der Waals surface area contributed by atoms with Gasteiger partial charge in [0.25, 0.3) is 0 Å². The molecule has 0 radical (unpaired) electrons. The molecule has 1 aliphatic heterocycles. The smallest absolute Gasteiger partial charge is 0.422 e. The van der Waals surface area contributed by atoms with Crippen LogP contribution in [0.4, 0.5) is 18.0 Å². The van der Waals surface area contributed by atoms with Crippen molar-refractivity contribution in [2.75, 3.05) is 19.7 Å². The number of hydrogen-bond donors (Lipinski definition) is 1. The third-order valence-electron chi connectivity index (χ3n) is 5.09. The molecule has 1 aromatic heterocycles. The lowest BCUT2D eigenvalue weighted by Crippen LogP contribution is -2.44. The van der Waals surface area contributed by atoms with Gasteiger partial charge in [-0.15, -0.1) is 0 Å². The van der Waals surface area contributed by atoms with Gasteiger partial charge < -0.3 is 19.5 Å². The number of carbonyl (C=O) groups excluding carboxylic acids is 2. The molecule has 11 heteroatoms. The number of alkyl halides is 3. The summed E-state index contributed by atoms with van der Waals surface area (Å²) >= 11 is 5.97. The maximum Gasteiger partial charge on any atom is 0.422 e. The number of ether oxygens (including phenoxy) is 1. The van der Waals surface area contributed by atoms with Crippen LogP contribution in [0.3, 0.4) is 0 Å². The Morgan fingerprint density at radius 1 is 1.26 bits per heavy atom. The van der Waals surface area contributed by atoms with Gasteiger partial charge in [-0.3, -0.25) is 4.79 Å². The van der Waals surface area contributed by atoms with E-state index in [9.17, 15) is 22.8 Å². The lowest BCUT2D eigenvalue weighted by atomic mass is 9.95. The fourth-order valence-corrected chi connectivity index (χ4v) is 3.55. The van der Waals surface area contributed by atoms with Crippen molar-refractivity contribution >= 4 is 23.6 Å². The molecule has 31 heavy (non-hydrogen) atoms. The van der Waals surface area contributed by atoms with Gasteiger partial charge >= 0.3 is 12.3 Å². The first kappa shape index (κ1) is 22.9. The molecule has 1 aliphatic rings. The molecular formula is C20H22ClF3N4O3. The summed E-state index contributed by atoms with van der Waals surface area (Å²) in [5.74, 6) is 0.0387. The minimum Gasteiger partial charge on any atom is -0.440 e. The Hall–Kier alpha value is -2.75. The first-order chi connectivity index (χ1) is 14.6. The van der Waals surface area contributed by atoms with Crippen molar-refractivity contribution in [3.8, 4) is 0 Å². The summed E-state index contributed by atoms with van der Waals surface area (Å²) in [5, 5.41) is 3.57. The van der Waals surface area contributed by atoms with Crippen LogP contribution < -0.4 is 5.32 Å². The van der Waals surface area contributed by atoms with E-state index in [1.54, 1.807) is 41.2 Å². The second-order valence-corrected chi connectivity index (χ2v) is 7.76. The average molecular weight is 459 g/mol. The number of likely N-dealkylation sites (tertiary alicyclic amines) is 1. The molecule has 168 valence electrons. The van der Waals surface area contributed by atoms with E-state index < -0.39 is 24.9 Å². The van der Waals surface area contributed by atoms with E-state index >= 15 is 0 Å². The maximum atomic E-state index is 12.9. The van der Waals surface area contributed by atoms with E-state index in [4.69, 9.17) is 11.6 Å². The van der Waals surface area contributed by atoms with E-state index in [0.717, 1.165) is 5.56 Å². The predicted octanol–water partition coefficient (Wildman–Crippen LogP) is 3.69. The lowest BCUT2D eigenvalue weighted by Gasteiger charge is -2.31. The van der Waals surface area contributed by atoms with Crippen LogP contribution in [-0.2, 0) is 16.6 Å². The number of benzene rings is 1. The maximum absolute atomic E-state index is 12.9. The van der Waals surface area contributed by atoms with Crippen LogP contribution in [0.5, 0.6) is 0 Å². The van der Waals surface area contributed by atoms with E-state index in [1.165, 1.54) is 4.90 Å². The van der Waals surface area contributed by atoms with Gasteiger partial charge in [-0.05, 0) is 30.5 Å². The third-order valence-corrected chi connectivity index (χ3v) is 5.34. The van der Waals surface area contributed by atoms with Crippen molar-refractivity contribution in [1.29, 1.82) is 0 Å². The molecule has 0 bridgehead atoms. The van der Waals surface area contributed by atoms with Crippen LogP contribution in [0.25, 0.3) is 0 Å². The summed E-state index contributed by atoms with van der Waals surface area (Å²) in [6.07, 6.45) is -1.55. The van der Waals surface area contributed by atoms with Gasteiger partial charge in [-0.25, -0.2) is 9.78 Å². The number of imidazole rings is 1. The molecule has 1 atom stereocenters. The monoisotopic (exact) mass is 458 g/mol. The van der Waals surface area contributed by atoms with Crippen LogP contribution in [-0.4, -0.2) is 52.3 Å². The molecule has 2 aromatic rings. The van der Waals surface area contributed by atoms with E-state index in [0.29, 0.717) is 23.7 Å². The molecule has 2 amide bonds. The number of hydrogen-bond acceptors (Lipinski definition) is 4. The highest BCUT2D eigenvalue weighted by Crippen LogP contribution is 2.25. The van der Waals surface area contributed by atoms with Crippen LogP contribution in [0.15, 0.2) is 36.7 Å². The molecule has 2 heterocycles. The van der Waals surface area contributed by atoms with Crippen LogP contribution in [0.2, 0.25) is 5.02 Å². The second-order valence-electron chi connectivity index (χ2n) is 7.32. The van der Waals surface area contributed by atoms with Crippen LogP contribution >= 0.6 is 11.6 Å². The number of nitrogens with one attached hydrogen (secondary N) is 1. The SMILES string of the molecule is Cn1ccnc1[C@H](NC(=O)C1CCN(C(=O)OCC(F)(F)F)CC1)c1ccc(Cl)cc1. The Morgan fingerprint density at radius 3 is 2.45 bits per heavy atom. The molecular weight excluding hydrogens is 437 g/mol. The Kier molecular flexibility index (Phi) is 7.09. The number of halogens is 4. The molecule has 1 aromatic carbocycles. The number of rotatable bonds is 5. The Labute approximate surface area is 182 Å². The summed E-state index contributed by atoms with van der Waals surface area (Å²) in [6.45, 7) is -1.34. The van der Waals surface area contributed by atoms with Gasteiger partial charge in [-0.1, -0.05) is 23.7 Å². The number of piperidine rings is 1. The first-order valence-corrected chi connectivity index (χ1v) is 10.0. The molecule has 0 spiro atoms. The van der Waals surface area contributed by atoms with E-state index in [1.807, 2.05) is 7.05 Å². The molecule has 0 aliphatic carbocycles. The number of aromatic nitrogens is 2. The largest absolute Gasteiger partial charge is 0.440 e. The van der Waals surface area contributed by atoms with Gasteiger partial charge in [0, 0.05) is 43.5 Å². The van der Waals surface area contributed by atoms with E-state index in [-0.39, 0.29) is 24.9 Å². The molecule has 0 unspecified atom stereocenters.